The van der Waals surface area contributed by atoms with E-state index >= 15 is 0 Å². The maximum absolute atomic E-state index is 12.1. The molecular formula is C11H16F3N3O3S. The van der Waals surface area contributed by atoms with Crippen molar-refractivity contribution in [2.45, 2.75) is 5.51 Å². The minimum atomic E-state index is -5.59. The SMILES string of the molecule is CN(C)C.Nc1cccc(C=O)c1NS(=O)(=O)C(F)(F)F. The Morgan fingerprint density at radius 1 is 1.24 bits per heavy atom. The summed E-state index contributed by atoms with van der Waals surface area (Å²) in [5.74, 6) is 0. The van der Waals surface area contributed by atoms with Gasteiger partial charge in [-0.1, -0.05) is 6.07 Å². The molecule has 3 N–H and O–H groups in total. The molecule has 1 aromatic carbocycles. The molecule has 0 saturated heterocycles. The second-order valence-electron chi connectivity index (χ2n) is 4.32. The number of aldehydes is 1. The summed E-state index contributed by atoms with van der Waals surface area (Å²) < 4.78 is 59.2. The second kappa shape index (κ2) is 7.27. The molecule has 21 heavy (non-hydrogen) atoms. The lowest BCUT2D eigenvalue weighted by Crippen LogP contribution is -2.30. The van der Waals surface area contributed by atoms with Crippen molar-refractivity contribution in [3.05, 3.63) is 23.8 Å². The fraction of sp³-hybridized carbons (Fsp3) is 0.364. The lowest BCUT2D eigenvalue weighted by Gasteiger charge is -2.13. The topological polar surface area (TPSA) is 92.5 Å². The van der Waals surface area contributed by atoms with Crippen molar-refractivity contribution in [3.63, 3.8) is 0 Å². The molecule has 0 unspecified atom stereocenters. The zero-order chi connectivity index (χ0) is 16.8. The van der Waals surface area contributed by atoms with Gasteiger partial charge in [0.15, 0.2) is 6.29 Å². The summed E-state index contributed by atoms with van der Waals surface area (Å²) in [6, 6.07) is 3.61. The molecule has 0 radical (unpaired) electrons. The highest BCUT2D eigenvalue weighted by atomic mass is 32.2. The average Bonchev–Trinajstić information content (AvgIpc) is 2.29. The first kappa shape index (κ1) is 19.2. The Morgan fingerprint density at radius 2 is 1.71 bits per heavy atom. The van der Waals surface area contributed by atoms with Crippen LogP contribution >= 0.6 is 0 Å². The molecule has 0 atom stereocenters. The van der Waals surface area contributed by atoms with Crippen LogP contribution in [0, 0.1) is 0 Å². The molecule has 0 heterocycles. The van der Waals surface area contributed by atoms with Crippen LogP contribution in [-0.2, 0) is 10.0 Å². The highest BCUT2D eigenvalue weighted by molar-refractivity contribution is 7.93. The Labute approximate surface area is 120 Å². The van der Waals surface area contributed by atoms with Crippen LogP contribution in [0.3, 0.4) is 0 Å². The fourth-order valence-corrected chi connectivity index (χ4v) is 1.62. The van der Waals surface area contributed by atoms with Gasteiger partial charge in [0, 0.05) is 5.56 Å². The minimum Gasteiger partial charge on any atom is -0.397 e. The summed E-state index contributed by atoms with van der Waals surface area (Å²) >= 11 is 0. The van der Waals surface area contributed by atoms with E-state index in [1.165, 1.54) is 16.9 Å². The number of hydrogen-bond acceptors (Lipinski definition) is 5. The number of nitrogens with two attached hydrogens (primary N) is 1. The molecule has 6 nitrogen and oxygen atoms in total. The van der Waals surface area contributed by atoms with Gasteiger partial charge in [-0.05, 0) is 33.3 Å². The number of rotatable bonds is 3. The van der Waals surface area contributed by atoms with E-state index in [9.17, 15) is 26.4 Å². The number of sulfonamides is 1. The molecular weight excluding hydrogens is 311 g/mol. The van der Waals surface area contributed by atoms with Gasteiger partial charge in [0.2, 0.25) is 0 Å². The highest BCUT2D eigenvalue weighted by Crippen LogP contribution is 2.29. The van der Waals surface area contributed by atoms with E-state index in [1.54, 1.807) is 0 Å². The summed E-state index contributed by atoms with van der Waals surface area (Å²) in [4.78, 5) is 12.5. The highest BCUT2D eigenvalue weighted by Gasteiger charge is 2.46. The van der Waals surface area contributed by atoms with Gasteiger partial charge in [-0.3, -0.25) is 9.52 Å². The third kappa shape index (κ3) is 6.00. The van der Waals surface area contributed by atoms with Crippen molar-refractivity contribution in [1.29, 1.82) is 0 Å². The van der Waals surface area contributed by atoms with E-state index < -0.39 is 21.2 Å². The first-order valence-electron chi connectivity index (χ1n) is 5.46. The van der Waals surface area contributed by atoms with E-state index in [1.807, 2.05) is 26.0 Å². The maximum Gasteiger partial charge on any atom is 0.516 e. The number of alkyl halides is 3. The normalized spacial score (nSPS) is 11.6. The van der Waals surface area contributed by atoms with Crippen LogP contribution in [0.4, 0.5) is 24.5 Å². The number of benzene rings is 1. The monoisotopic (exact) mass is 327 g/mol. The number of hydrogen-bond donors (Lipinski definition) is 2. The molecule has 1 rings (SSSR count). The number of para-hydroxylation sites is 1. The minimum absolute atomic E-state index is 0.199. The van der Waals surface area contributed by atoms with E-state index in [4.69, 9.17) is 5.73 Å². The quantitative estimate of drug-likeness (QED) is 0.649. The van der Waals surface area contributed by atoms with E-state index in [2.05, 4.69) is 0 Å². The number of nitrogens with one attached hydrogen (secondary N) is 1. The van der Waals surface area contributed by atoms with Crippen LogP contribution < -0.4 is 10.5 Å². The van der Waals surface area contributed by atoms with E-state index in [0.29, 0.717) is 0 Å². The van der Waals surface area contributed by atoms with Crippen LogP contribution in [-0.4, -0.2) is 46.3 Å². The van der Waals surface area contributed by atoms with Crippen molar-refractivity contribution in [3.8, 4) is 0 Å². The molecule has 1 aromatic rings. The number of nitrogen functional groups attached to an aromatic ring is 1. The molecule has 0 aromatic heterocycles. The summed E-state index contributed by atoms with van der Waals surface area (Å²) in [6.07, 6.45) is 0.199. The summed E-state index contributed by atoms with van der Waals surface area (Å²) in [7, 11) is 0.405. The molecule has 0 aliphatic carbocycles. The number of nitrogens with zero attached hydrogens (tertiary/aromatic N) is 1. The first-order valence-corrected chi connectivity index (χ1v) is 6.94. The molecule has 0 spiro atoms. The van der Waals surface area contributed by atoms with Crippen molar-refractivity contribution in [2.24, 2.45) is 0 Å². The molecule has 120 valence electrons. The predicted molar refractivity (Wildman–Crippen MR) is 74.5 cm³/mol. The molecule has 0 aliphatic rings. The van der Waals surface area contributed by atoms with Crippen LogP contribution in [0.1, 0.15) is 10.4 Å². The van der Waals surface area contributed by atoms with Gasteiger partial charge in [-0.25, -0.2) is 0 Å². The largest absolute Gasteiger partial charge is 0.516 e. The van der Waals surface area contributed by atoms with Crippen LogP contribution in [0.5, 0.6) is 0 Å². The van der Waals surface area contributed by atoms with Gasteiger partial charge in [0.25, 0.3) is 0 Å². The van der Waals surface area contributed by atoms with Crippen molar-refractivity contribution >= 4 is 27.7 Å². The Balaban J connectivity index is 0.000000885. The third-order valence-corrected chi connectivity index (χ3v) is 2.88. The summed E-state index contributed by atoms with van der Waals surface area (Å²) in [5, 5.41) is 0. The molecule has 0 bridgehead atoms. The van der Waals surface area contributed by atoms with Crippen LogP contribution in [0.15, 0.2) is 18.2 Å². The van der Waals surface area contributed by atoms with Crippen LogP contribution in [0.25, 0.3) is 0 Å². The fourth-order valence-electron chi connectivity index (χ4n) is 0.997. The molecule has 0 aliphatic heterocycles. The third-order valence-electron chi connectivity index (χ3n) is 1.80. The Morgan fingerprint density at radius 3 is 2.10 bits per heavy atom. The zero-order valence-corrected chi connectivity index (χ0v) is 12.4. The van der Waals surface area contributed by atoms with Gasteiger partial charge in [0.1, 0.15) is 0 Å². The summed E-state index contributed by atoms with van der Waals surface area (Å²) in [6.45, 7) is 0. The van der Waals surface area contributed by atoms with Gasteiger partial charge in [0.05, 0.1) is 11.4 Å². The predicted octanol–water partition coefficient (Wildman–Crippen LogP) is 1.52. The van der Waals surface area contributed by atoms with E-state index in [0.717, 1.165) is 6.07 Å². The second-order valence-corrected chi connectivity index (χ2v) is 6.00. The first-order chi connectivity index (χ1) is 9.42. The van der Waals surface area contributed by atoms with Gasteiger partial charge in [-0.15, -0.1) is 0 Å². The standard InChI is InChI=1S/C8H7F3N2O3S.C3H9N/c9-8(10,11)17(15,16)13-7-5(4-14)2-1-3-6(7)12;1-4(2)3/h1-4,13H,12H2;1-3H3. The number of carbonyl (C=O) groups is 1. The number of halogens is 3. The smallest absolute Gasteiger partial charge is 0.397 e. The lowest BCUT2D eigenvalue weighted by atomic mass is 10.2. The molecule has 0 fully saturated rings. The number of anilines is 2. The van der Waals surface area contributed by atoms with Gasteiger partial charge < -0.3 is 10.6 Å². The average molecular weight is 327 g/mol. The Bertz CT molecular complexity index is 583. The molecule has 10 heteroatoms. The Hall–Kier alpha value is -1.81. The van der Waals surface area contributed by atoms with Crippen molar-refractivity contribution in [1.82, 2.24) is 4.90 Å². The molecule has 0 saturated carbocycles. The van der Waals surface area contributed by atoms with E-state index in [-0.39, 0.29) is 17.5 Å². The van der Waals surface area contributed by atoms with Gasteiger partial charge >= 0.3 is 15.5 Å². The van der Waals surface area contributed by atoms with Crippen molar-refractivity contribution in [2.75, 3.05) is 31.6 Å². The zero-order valence-electron chi connectivity index (χ0n) is 11.6. The summed E-state index contributed by atoms with van der Waals surface area (Å²) in [5.41, 5.74) is -1.32. The lowest BCUT2D eigenvalue weighted by molar-refractivity contribution is -0.0429. The Kier molecular flexibility index (Phi) is 6.64. The molecule has 0 amide bonds. The van der Waals surface area contributed by atoms with Gasteiger partial charge in [-0.2, -0.15) is 21.6 Å². The maximum atomic E-state index is 12.1. The van der Waals surface area contributed by atoms with Crippen LogP contribution in [0.2, 0.25) is 0 Å². The van der Waals surface area contributed by atoms with Crippen molar-refractivity contribution < 1.29 is 26.4 Å². The number of carbonyl (C=O) groups excluding carboxylic acids is 1.